The summed E-state index contributed by atoms with van der Waals surface area (Å²) < 4.78 is 38.8. The third-order valence-electron chi connectivity index (χ3n) is 2.89. The first-order valence-electron chi connectivity index (χ1n) is 6.18. The fraction of sp³-hybridized carbons (Fsp3) is 0.200. The van der Waals surface area contributed by atoms with Gasteiger partial charge in [0.05, 0.1) is 5.56 Å². The van der Waals surface area contributed by atoms with Gasteiger partial charge in [-0.3, -0.25) is 0 Å². The second-order valence-corrected chi connectivity index (χ2v) is 5.99. The lowest BCUT2D eigenvalue weighted by Gasteiger charge is -2.18. The zero-order valence-corrected chi connectivity index (χ0v) is 12.5. The largest absolute Gasteiger partial charge is 0.416 e. The Morgan fingerprint density at radius 3 is 2.48 bits per heavy atom. The average Bonchev–Trinajstić information content (AvgIpc) is 2.44. The summed E-state index contributed by atoms with van der Waals surface area (Å²) in [5, 5.41) is 0.587. The van der Waals surface area contributed by atoms with Crippen molar-refractivity contribution in [3.05, 3.63) is 64.7 Å². The molecule has 0 spiro atoms. The number of thioether (sulfide) groups is 1. The summed E-state index contributed by atoms with van der Waals surface area (Å²) in [5.74, 6) is 0.341. The second kappa shape index (κ2) is 6.73. The van der Waals surface area contributed by atoms with Crippen molar-refractivity contribution in [2.45, 2.75) is 17.1 Å². The van der Waals surface area contributed by atoms with Crippen LogP contribution in [0.5, 0.6) is 0 Å². The van der Waals surface area contributed by atoms with Gasteiger partial charge < -0.3 is 5.73 Å². The molecule has 0 heterocycles. The van der Waals surface area contributed by atoms with E-state index in [-0.39, 0.29) is 5.56 Å². The van der Waals surface area contributed by atoms with Gasteiger partial charge in [-0.15, -0.1) is 11.8 Å². The van der Waals surface area contributed by atoms with Gasteiger partial charge in [0.1, 0.15) is 0 Å². The summed E-state index contributed by atoms with van der Waals surface area (Å²) in [7, 11) is 0. The van der Waals surface area contributed by atoms with Gasteiger partial charge in [0, 0.05) is 21.7 Å². The summed E-state index contributed by atoms with van der Waals surface area (Å²) in [4.78, 5) is 0.877. The molecule has 0 saturated carbocycles. The number of halogens is 4. The van der Waals surface area contributed by atoms with Crippen LogP contribution >= 0.6 is 23.4 Å². The predicted octanol–water partition coefficient (Wildman–Crippen LogP) is 5.15. The Morgan fingerprint density at radius 2 is 1.81 bits per heavy atom. The van der Waals surface area contributed by atoms with Crippen LogP contribution in [0.4, 0.5) is 13.2 Å². The van der Waals surface area contributed by atoms with Crippen LogP contribution in [0, 0.1) is 0 Å². The molecule has 0 amide bonds. The molecule has 21 heavy (non-hydrogen) atoms. The normalized spacial score (nSPS) is 13.2. The lowest BCUT2D eigenvalue weighted by Crippen LogP contribution is -2.19. The molecular weight excluding hydrogens is 319 g/mol. The first kappa shape index (κ1) is 16.2. The summed E-state index contributed by atoms with van der Waals surface area (Å²) in [6.45, 7) is 0. The van der Waals surface area contributed by atoms with E-state index in [0.717, 1.165) is 11.0 Å². The number of benzene rings is 2. The van der Waals surface area contributed by atoms with Crippen LogP contribution in [0.3, 0.4) is 0 Å². The molecule has 1 nitrogen and oxygen atoms in total. The van der Waals surface area contributed by atoms with Gasteiger partial charge in [0.25, 0.3) is 0 Å². The topological polar surface area (TPSA) is 26.0 Å². The molecule has 0 aliphatic rings. The van der Waals surface area contributed by atoms with Crippen LogP contribution in [0.1, 0.15) is 17.2 Å². The number of hydrogen-bond acceptors (Lipinski definition) is 2. The van der Waals surface area contributed by atoms with Gasteiger partial charge in [-0.25, -0.2) is 0 Å². The minimum Gasteiger partial charge on any atom is -0.323 e. The van der Waals surface area contributed by atoms with Crippen LogP contribution in [0.25, 0.3) is 0 Å². The number of hydrogen-bond donors (Lipinski definition) is 1. The molecule has 0 radical (unpaired) electrons. The minimum absolute atomic E-state index is 0.111. The molecule has 2 N–H and O–H groups in total. The monoisotopic (exact) mass is 331 g/mol. The van der Waals surface area contributed by atoms with Gasteiger partial charge >= 0.3 is 6.18 Å². The number of alkyl halides is 3. The standard InChI is InChI=1S/C15H13ClF3NS/c16-10-4-3-5-11(8-10)21-9-14(20)12-6-1-2-7-13(12)15(17,18)19/h1-8,14H,9,20H2. The average molecular weight is 332 g/mol. The molecular formula is C15H13ClF3NS. The van der Waals surface area contributed by atoms with Gasteiger partial charge in [-0.05, 0) is 29.8 Å². The Labute approximate surface area is 130 Å². The Balaban J connectivity index is 2.12. The molecule has 2 aromatic carbocycles. The Bertz CT molecular complexity index is 616. The molecule has 2 rings (SSSR count). The maximum Gasteiger partial charge on any atom is 0.416 e. The van der Waals surface area contributed by atoms with Crippen LogP contribution < -0.4 is 5.73 Å². The molecule has 112 valence electrons. The smallest absolute Gasteiger partial charge is 0.323 e. The summed E-state index contributed by atoms with van der Waals surface area (Å²) in [5.41, 5.74) is 5.36. The fourth-order valence-corrected chi connectivity index (χ4v) is 3.10. The van der Waals surface area contributed by atoms with Crippen molar-refractivity contribution >= 4 is 23.4 Å². The molecule has 1 unspecified atom stereocenters. The highest BCUT2D eigenvalue weighted by atomic mass is 35.5. The van der Waals surface area contributed by atoms with Gasteiger partial charge in [-0.1, -0.05) is 35.9 Å². The molecule has 0 saturated heterocycles. The number of rotatable bonds is 4. The predicted molar refractivity (Wildman–Crippen MR) is 80.5 cm³/mol. The van der Waals surface area contributed by atoms with Crippen molar-refractivity contribution in [1.29, 1.82) is 0 Å². The maximum atomic E-state index is 12.9. The number of nitrogens with two attached hydrogens (primary N) is 1. The van der Waals surface area contributed by atoms with Crippen molar-refractivity contribution in [2.75, 3.05) is 5.75 Å². The van der Waals surface area contributed by atoms with Crippen molar-refractivity contribution in [3.63, 3.8) is 0 Å². The van der Waals surface area contributed by atoms with E-state index >= 15 is 0 Å². The van der Waals surface area contributed by atoms with Crippen LogP contribution in [0.15, 0.2) is 53.4 Å². The molecule has 0 aliphatic heterocycles. The van der Waals surface area contributed by atoms with E-state index < -0.39 is 17.8 Å². The quantitative estimate of drug-likeness (QED) is 0.784. The van der Waals surface area contributed by atoms with Crippen LogP contribution in [0.2, 0.25) is 5.02 Å². The fourth-order valence-electron chi connectivity index (χ4n) is 1.91. The highest BCUT2D eigenvalue weighted by Gasteiger charge is 2.34. The lowest BCUT2D eigenvalue weighted by molar-refractivity contribution is -0.138. The Kier molecular flexibility index (Phi) is 5.19. The van der Waals surface area contributed by atoms with Crippen molar-refractivity contribution in [3.8, 4) is 0 Å². The van der Waals surface area contributed by atoms with Gasteiger partial charge in [-0.2, -0.15) is 13.2 Å². The summed E-state index contributed by atoms with van der Waals surface area (Å²) >= 11 is 7.25. The third-order valence-corrected chi connectivity index (χ3v) is 4.24. The van der Waals surface area contributed by atoms with E-state index in [4.69, 9.17) is 17.3 Å². The molecule has 0 aliphatic carbocycles. The first-order chi connectivity index (χ1) is 9.88. The molecule has 2 aromatic rings. The SMILES string of the molecule is NC(CSc1cccc(Cl)c1)c1ccccc1C(F)(F)F. The third kappa shape index (κ3) is 4.40. The summed E-state index contributed by atoms with van der Waals surface area (Å²) in [6.07, 6.45) is -4.39. The highest BCUT2D eigenvalue weighted by molar-refractivity contribution is 7.99. The highest BCUT2D eigenvalue weighted by Crippen LogP contribution is 2.35. The van der Waals surface area contributed by atoms with E-state index in [1.165, 1.54) is 23.9 Å². The zero-order valence-electron chi connectivity index (χ0n) is 10.9. The van der Waals surface area contributed by atoms with E-state index in [0.29, 0.717) is 10.8 Å². The zero-order chi connectivity index (χ0) is 15.5. The second-order valence-electron chi connectivity index (χ2n) is 4.46. The lowest BCUT2D eigenvalue weighted by atomic mass is 10.0. The summed E-state index contributed by atoms with van der Waals surface area (Å²) in [6, 6.07) is 11.8. The molecule has 0 aromatic heterocycles. The van der Waals surface area contributed by atoms with E-state index in [1.54, 1.807) is 24.3 Å². The molecule has 1 atom stereocenters. The van der Waals surface area contributed by atoms with E-state index in [1.807, 2.05) is 6.07 Å². The molecule has 0 fully saturated rings. The van der Waals surface area contributed by atoms with Crippen molar-refractivity contribution in [1.82, 2.24) is 0 Å². The van der Waals surface area contributed by atoms with E-state index in [9.17, 15) is 13.2 Å². The van der Waals surface area contributed by atoms with Crippen LogP contribution in [-0.4, -0.2) is 5.75 Å². The Morgan fingerprint density at radius 1 is 1.10 bits per heavy atom. The molecule has 0 bridgehead atoms. The maximum absolute atomic E-state index is 12.9. The van der Waals surface area contributed by atoms with Crippen LogP contribution in [-0.2, 0) is 6.18 Å². The van der Waals surface area contributed by atoms with Crippen molar-refractivity contribution < 1.29 is 13.2 Å². The minimum atomic E-state index is -4.39. The van der Waals surface area contributed by atoms with Crippen molar-refractivity contribution in [2.24, 2.45) is 5.73 Å². The van der Waals surface area contributed by atoms with Gasteiger partial charge in [0.15, 0.2) is 0 Å². The van der Waals surface area contributed by atoms with E-state index in [2.05, 4.69) is 0 Å². The molecule has 6 heteroatoms. The Hall–Kier alpha value is -1.17. The van der Waals surface area contributed by atoms with Gasteiger partial charge in [0.2, 0.25) is 0 Å². The first-order valence-corrected chi connectivity index (χ1v) is 7.54.